The van der Waals surface area contributed by atoms with E-state index in [4.69, 9.17) is 4.74 Å². The summed E-state index contributed by atoms with van der Waals surface area (Å²) in [5.74, 6) is 0.664. The summed E-state index contributed by atoms with van der Waals surface area (Å²) in [5, 5.41) is 0.928. The zero-order chi connectivity index (χ0) is 12.5. The molecule has 1 aromatic rings. The van der Waals surface area contributed by atoms with Gasteiger partial charge in [-0.3, -0.25) is 4.79 Å². The Morgan fingerprint density at radius 1 is 1.35 bits per heavy atom. The monoisotopic (exact) mass is 300 g/mol. The van der Waals surface area contributed by atoms with Crippen LogP contribution in [0.1, 0.15) is 18.4 Å². The van der Waals surface area contributed by atoms with E-state index in [1.807, 2.05) is 24.3 Å². The topological polar surface area (TPSA) is 35.5 Å². The molecule has 17 heavy (non-hydrogen) atoms. The molecule has 0 spiro atoms. The normalized spacial score (nSPS) is 10.0. The molecule has 0 unspecified atom stereocenters. The van der Waals surface area contributed by atoms with Crippen molar-refractivity contribution in [2.24, 2.45) is 0 Å². The van der Waals surface area contributed by atoms with E-state index < -0.39 is 0 Å². The van der Waals surface area contributed by atoms with E-state index in [-0.39, 0.29) is 5.97 Å². The summed E-state index contributed by atoms with van der Waals surface area (Å²) in [6.45, 7) is 0.681. The van der Waals surface area contributed by atoms with Crippen LogP contribution >= 0.6 is 15.9 Å². The Labute approximate surface area is 110 Å². The van der Waals surface area contributed by atoms with Crippen LogP contribution < -0.4 is 4.74 Å². The van der Waals surface area contributed by atoms with Gasteiger partial charge in [-0.2, -0.15) is 0 Å². The Morgan fingerprint density at radius 3 is 2.82 bits per heavy atom. The molecule has 0 amide bonds. The highest BCUT2D eigenvalue weighted by Crippen LogP contribution is 2.20. The molecule has 0 aromatic heterocycles. The van der Waals surface area contributed by atoms with Crippen molar-refractivity contribution >= 4 is 21.9 Å². The molecule has 0 bridgehead atoms. The third-order valence-electron chi connectivity index (χ3n) is 2.33. The highest BCUT2D eigenvalue weighted by Gasteiger charge is 2.06. The second-order valence-electron chi connectivity index (χ2n) is 3.57. The van der Waals surface area contributed by atoms with Crippen molar-refractivity contribution in [3.05, 3.63) is 29.8 Å². The van der Waals surface area contributed by atoms with Crippen molar-refractivity contribution in [1.82, 2.24) is 0 Å². The molecule has 0 radical (unpaired) electrons. The molecule has 94 valence electrons. The minimum Gasteiger partial charge on any atom is -0.493 e. The largest absolute Gasteiger partial charge is 0.493 e. The van der Waals surface area contributed by atoms with Gasteiger partial charge >= 0.3 is 5.97 Å². The van der Waals surface area contributed by atoms with Gasteiger partial charge in [-0.05, 0) is 24.5 Å². The van der Waals surface area contributed by atoms with Gasteiger partial charge in [-0.15, -0.1) is 0 Å². The van der Waals surface area contributed by atoms with Gasteiger partial charge in [-0.25, -0.2) is 0 Å². The quantitative estimate of drug-likeness (QED) is 0.441. The van der Waals surface area contributed by atoms with Crippen LogP contribution in [0.4, 0.5) is 0 Å². The van der Waals surface area contributed by atoms with E-state index >= 15 is 0 Å². The minimum absolute atomic E-state index is 0.194. The second kappa shape index (κ2) is 8.12. The number of alkyl halides is 1. The Kier molecular flexibility index (Phi) is 6.70. The summed E-state index contributed by atoms with van der Waals surface area (Å²) in [6, 6.07) is 7.79. The fourth-order valence-electron chi connectivity index (χ4n) is 1.43. The van der Waals surface area contributed by atoms with Crippen molar-refractivity contribution in [1.29, 1.82) is 0 Å². The van der Waals surface area contributed by atoms with E-state index in [1.165, 1.54) is 7.11 Å². The van der Waals surface area contributed by atoms with Gasteiger partial charge < -0.3 is 9.47 Å². The fourth-order valence-corrected chi connectivity index (χ4v) is 1.66. The van der Waals surface area contributed by atoms with Crippen molar-refractivity contribution in [3.63, 3.8) is 0 Å². The van der Waals surface area contributed by atoms with Crippen LogP contribution in [0.3, 0.4) is 0 Å². The molecule has 0 fully saturated rings. The van der Waals surface area contributed by atoms with Gasteiger partial charge in [0.25, 0.3) is 0 Å². The Hall–Kier alpha value is -1.03. The number of aryl methyl sites for hydroxylation is 1. The molecule has 0 saturated heterocycles. The molecule has 0 heterocycles. The van der Waals surface area contributed by atoms with Gasteiger partial charge in [0.15, 0.2) is 0 Å². The summed E-state index contributed by atoms with van der Waals surface area (Å²) < 4.78 is 10.3. The van der Waals surface area contributed by atoms with E-state index in [2.05, 4.69) is 20.7 Å². The number of esters is 1. The summed E-state index contributed by atoms with van der Waals surface area (Å²) in [5.41, 5.74) is 1.05. The van der Waals surface area contributed by atoms with E-state index in [9.17, 15) is 4.79 Å². The Balaban J connectivity index is 2.54. The van der Waals surface area contributed by atoms with Crippen molar-refractivity contribution < 1.29 is 14.3 Å². The number of hydrogen-bond acceptors (Lipinski definition) is 3. The number of para-hydroxylation sites is 1. The predicted octanol–water partition coefficient (Wildman–Crippen LogP) is 2.96. The molecule has 0 aliphatic carbocycles. The van der Waals surface area contributed by atoms with Gasteiger partial charge in [0.2, 0.25) is 0 Å². The number of ether oxygens (including phenoxy) is 2. The van der Waals surface area contributed by atoms with Gasteiger partial charge in [0.1, 0.15) is 5.75 Å². The molecule has 0 atom stereocenters. The fraction of sp³-hybridized carbons (Fsp3) is 0.462. The number of carbonyl (C=O) groups is 1. The third kappa shape index (κ3) is 5.22. The minimum atomic E-state index is -0.194. The maximum atomic E-state index is 11.1. The standard InChI is InChI=1S/C13H17BrO3/c1-16-13(15)8-7-11-5-2-3-6-12(11)17-10-4-9-14/h2-3,5-6H,4,7-10H2,1H3. The van der Waals surface area contributed by atoms with Crippen LogP contribution in [0.15, 0.2) is 24.3 Å². The maximum Gasteiger partial charge on any atom is 0.305 e. The molecule has 0 N–H and O–H groups in total. The SMILES string of the molecule is COC(=O)CCc1ccccc1OCCCBr. The zero-order valence-corrected chi connectivity index (χ0v) is 11.5. The maximum absolute atomic E-state index is 11.1. The predicted molar refractivity (Wildman–Crippen MR) is 70.7 cm³/mol. The van der Waals surface area contributed by atoms with Gasteiger partial charge in [0, 0.05) is 11.8 Å². The number of carbonyl (C=O) groups excluding carboxylic acids is 1. The number of hydrogen-bond donors (Lipinski definition) is 0. The first-order chi connectivity index (χ1) is 8.27. The molecular weight excluding hydrogens is 284 g/mol. The lowest BCUT2D eigenvalue weighted by atomic mass is 10.1. The van der Waals surface area contributed by atoms with Crippen LogP contribution in [-0.2, 0) is 16.0 Å². The van der Waals surface area contributed by atoms with Crippen LogP contribution in [0.25, 0.3) is 0 Å². The van der Waals surface area contributed by atoms with Crippen molar-refractivity contribution in [2.75, 3.05) is 19.0 Å². The van der Waals surface area contributed by atoms with E-state index in [1.54, 1.807) is 0 Å². The van der Waals surface area contributed by atoms with E-state index in [0.29, 0.717) is 19.4 Å². The lowest BCUT2D eigenvalue weighted by molar-refractivity contribution is -0.140. The molecular formula is C13H17BrO3. The molecule has 0 aliphatic heterocycles. The average molecular weight is 301 g/mol. The molecule has 1 aromatic carbocycles. The summed E-state index contributed by atoms with van der Waals surface area (Å²) in [6.07, 6.45) is 2.00. The van der Waals surface area contributed by atoms with Crippen LogP contribution in [0.5, 0.6) is 5.75 Å². The van der Waals surface area contributed by atoms with E-state index in [0.717, 1.165) is 23.1 Å². The number of rotatable bonds is 7. The third-order valence-corrected chi connectivity index (χ3v) is 2.90. The van der Waals surface area contributed by atoms with Crippen LogP contribution in [0.2, 0.25) is 0 Å². The summed E-state index contributed by atoms with van der Waals surface area (Å²) >= 11 is 3.36. The number of halogens is 1. The van der Waals surface area contributed by atoms with Crippen LogP contribution in [0, 0.1) is 0 Å². The highest BCUT2D eigenvalue weighted by atomic mass is 79.9. The van der Waals surface area contributed by atoms with Crippen molar-refractivity contribution in [2.45, 2.75) is 19.3 Å². The van der Waals surface area contributed by atoms with Crippen molar-refractivity contribution in [3.8, 4) is 5.75 Å². The Bertz CT molecular complexity index is 352. The first-order valence-electron chi connectivity index (χ1n) is 5.61. The first kappa shape index (κ1) is 14.0. The molecule has 0 saturated carbocycles. The molecule has 4 heteroatoms. The number of methoxy groups -OCH3 is 1. The van der Waals surface area contributed by atoms with Gasteiger partial charge in [0.05, 0.1) is 13.7 Å². The zero-order valence-electron chi connectivity index (χ0n) is 9.95. The first-order valence-corrected chi connectivity index (χ1v) is 6.73. The summed E-state index contributed by atoms with van der Waals surface area (Å²) in [4.78, 5) is 11.1. The van der Waals surface area contributed by atoms with Crippen LogP contribution in [-0.4, -0.2) is 25.0 Å². The summed E-state index contributed by atoms with van der Waals surface area (Å²) in [7, 11) is 1.40. The molecule has 3 nitrogen and oxygen atoms in total. The van der Waals surface area contributed by atoms with Gasteiger partial charge in [-0.1, -0.05) is 34.1 Å². The second-order valence-corrected chi connectivity index (χ2v) is 4.37. The lowest BCUT2D eigenvalue weighted by Crippen LogP contribution is -2.04. The lowest BCUT2D eigenvalue weighted by Gasteiger charge is -2.10. The molecule has 0 aliphatic rings. The Morgan fingerprint density at radius 2 is 2.12 bits per heavy atom. The average Bonchev–Trinajstić information content (AvgIpc) is 2.37. The highest BCUT2D eigenvalue weighted by molar-refractivity contribution is 9.09. The number of benzene rings is 1. The molecule has 1 rings (SSSR count). The smallest absolute Gasteiger partial charge is 0.305 e.